The zero-order chi connectivity index (χ0) is 21.0. The lowest BCUT2D eigenvalue weighted by Gasteiger charge is -2.18. The first-order chi connectivity index (χ1) is 12.2. The molecule has 26 heavy (non-hydrogen) atoms. The number of rotatable bonds is 10. The van der Waals surface area contributed by atoms with E-state index in [4.69, 9.17) is 20.4 Å². The maximum absolute atomic E-state index is 10.7. The molecule has 5 N–H and O–H groups in total. The van der Waals surface area contributed by atoms with Crippen LogP contribution in [0.2, 0.25) is 0 Å². The molecule has 2 unspecified atom stereocenters. The van der Waals surface area contributed by atoms with Gasteiger partial charge >= 0.3 is 11.9 Å². The molecule has 0 aliphatic heterocycles. The number of hydrogen-bond donors (Lipinski definition) is 5. The van der Waals surface area contributed by atoms with Crippen molar-refractivity contribution in [3.63, 3.8) is 0 Å². The van der Waals surface area contributed by atoms with Crippen LogP contribution in [0.5, 0.6) is 0 Å². The van der Waals surface area contributed by atoms with E-state index in [1.54, 1.807) is 19.0 Å². The number of likely N-dealkylation sites (N-methyl/N-ethyl adjacent to an activating group) is 2. The van der Waals surface area contributed by atoms with Crippen molar-refractivity contribution in [1.29, 1.82) is 0 Å². The second kappa shape index (κ2) is 21.5. The Balaban J connectivity index is -0.000000342. The lowest BCUT2D eigenvalue weighted by Crippen LogP contribution is -2.32. The SMILES string of the molecule is C=CC(=O)OC.CNCC(O)CO.COC(=O)CCN(C)CC(O)CO. The van der Waals surface area contributed by atoms with Gasteiger partial charge in [-0.2, -0.15) is 0 Å². The molecule has 10 heteroatoms. The highest BCUT2D eigenvalue weighted by molar-refractivity contribution is 5.80. The molecular weight excluding hydrogens is 348 g/mol. The van der Waals surface area contributed by atoms with Crippen LogP contribution < -0.4 is 5.32 Å². The van der Waals surface area contributed by atoms with Gasteiger partial charge in [0.2, 0.25) is 0 Å². The van der Waals surface area contributed by atoms with E-state index < -0.39 is 18.2 Å². The number of methoxy groups -OCH3 is 2. The smallest absolute Gasteiger partial charge is 0.329 e. The molecule has 0 amide bonds. The van der Waals surface area contributed by atoms with E-state index in [0.717, 1.165) is 6.08 Å². The van der Waals surface area contributed by atoms with E-state index in [1.807, 2.05) is 0 Å². The molecule has 0 saturated heterocycles. The van der Waals surface area contributed by atoms with Crippen molar-refractivity contribution in [3.05, 3.63) is 12.7 Å². The Kier molecular flexibility index (Phi) is 24.1. The van der Waals surface area contributed by atoms with Gasteiger partial charge in [0.15, 0.2) is 0 Å². The van der Waals surface area contributed by atoms with Gasteiger partial charge in [0.05, 0.1) is 46.1 Å². The highest BCUT2D eigenvalue weighted by Gasteiger charge is 2.08. The van der Waals surface area contributed by atoms with Crippen molar-refractivity contribution in [2.45, 2.75) is 18.6 Å². The van der Waals surface area contributed by atoms with Crippen LogP contribution in [0, 0.1) is 0 Å². The molecule has 0 aromatic rings. The Bertz CT molecular complexity index is 355. The van der Waals surface area contributed by atoms with Crippen LogP contribution in [-0.4, -0.2) is 111 Å². The first-order valence-electron chi connectivity index (χ1n) is 7.90. The van der Waals surface area contributed by atoms with Gasteiger partial charge in [-0.05, 0) is 14.1 Å². The highest BCUT2D eigenvalue weighted by Crippen LogP contribution is 1.92. The van der Waals surface area contributed by atoms with Gasteiger partial charge in [0.1, 0.15) is 0 Å². The van der Waals surface area contributed by atoms with Crippen molar-refractivity contribution >= 4 is 11.9 Å². The summed E-state index contributed by atoms with van der Waals surface area (Å²) in [4.78, 5) is 22.3. The third-order valence-electron chi connectivity index (χ3n) is 2.68. The highest BCUT2D eigenvalue weighted by atomic mass is 16.5. The fraction of sp³-hybridized carbons (Fsp3) is 0.750. The summed E-state index contributed by atoms with van der Waals surface area (Å²) in [5, 5.41) is 37.0. The standard InChI is InChI=1S/C8H17NO4.C4H11NO2.C4H6O2/c1-9(5-7(11)6-10)4-3-8(12)13-2;1-5-2-4(7)3-6;1-3-4(5)6-2/h7,10-11H,3-6H2,1-2H3;4-7H,2-3H2,1H3;3H,1H2,2H3. The fourth-order valence-electron chi connectivity index (χ4n) is 1.28. The Morgan fingerprint density at radius 1 is 1.15 bits per heavy atom. The molecule has 0 aromatic carbocycles. The summed E-state index contributed by atoms with van der Waals surface area (Å²) < 4.78 is 8.60. The van der Waals surface area contributed by atoms with Gasteiger partial charge in [-0.1, -0.05) is 6.58 Å². The van der Waals surface area contributed by atoms with Gasteiger partial charge in [-0.3, -0.25) is 4.79 Å². The van der Waals surface area contributed by atoms with Gasteiger partial charge in [-0.25, -0.2) is 4.79 Å². The number of carbonyl (C=O) groups is 2. The number of hydrogen-bond acceptors (Lipinski definition) is 10. The molecule has 0 aromatic heterocycles. The molecule has 0 saturated carbocycles. The summed E-state index contributed by atoms with van der Waals surface area (Å²) >= 11 is 0. The summed E-state index contributed by atoms with van der Waals surface area (Å²) in [6, 6.07) is 0. The molecular formula is C16H34N2O8. The van der Waals surface area contributed by atoms with Crippen LogP contribution in [0.1, 0.15) is 6.42 Å². The zero-order valence-electron chi connectivity index (χ0n) is 16.1. The maximum atomic E-state index is 10.7. The number of esters is 2. The minimum absolute atomic E-state index is 0.166. The number of aliphatic hydroxyl groups excluding tert-OH is 4. The van der Waals surface area contributed by atoms with Gasteiger partial charge in [-0.15, -0.1) is 0 Å². The summed E-state index contributed by atoms with van der Waals surface area (Å²) in [6.07, 6.45) is 0.0539. The van der Waals surface area contributed by atoms with Gasteiger partial charge in [0.25, 0.3) is 0 Å². The minimum atomic E-state index is -0.748. The normalized spacial score (nSPS) is 11.9. The molecule has 0 heterocycles. The average Bonchev–Trinajstić information content (AvgIpc) is 2.66. The maximum Gasteiger partial charge on any atom is 0.329 e. The Morgan fingerprint density at radius 3 is 1.96 bits per heavy atom. The molecule has 2 atom stereocenters. The lowest BCUT2D eigenvalue weighted by atomic mass is 10.3. The topological polar surface area (TPSA) is 149 Å². The average molecular weight is 382 g/mol. The van der Waals surface area contributed by atoms with Crippen LogP contribution in [0.25, 0.3) is 0 Å². The molecule has 0 rings (SSSR count). The van der Waals surface area contributed by atoms with Crippen molar-refractivity contribution in [2.75, 3.05) is 61.2 Å². The molecule has 156 valence electrons. The number of nitrogens with one attached hydrogen (secondary N) is 1. The Labute approximate surface area is 155 Å². The van der Waals surface area contributed by atoms with E-state index in [0.29, 0.717) is 26.1 Å². The first kappa shape index (κ1) is 29.2. The number of carbonyl (C=O) groups excluding carboxylic acids is 2. The predicted octanol–water partition coefficient (Wildman–Crippen LogP) is -2.26. The predicted molar refractivity (Wildman–Crippen MR) is 96.5 cm³/mol. The van der Waals surface area contributed by atoms with E-state index in [1.165, 1.54) is 14.2 Å². The number of ether oxygens (including phenoxy) is 2. The summed E-state index contributed by atoms with van der Waals surface area (Å²) in [6.45, 7) is 4.06. The molecule has 0 bridgehead atoms. The van der Waals surface area contributed by atoms with Crippen LogP contribution in [-0.2, 0) is 19.1 Å². The van der Waals surface area contributed by atoms with Crippen LogP contribution in [0.15, 0.2) is 12.7 Å². The van der Waals surface area contributed by atoms with Gasteiger partial charge in [0, 0.05) is 25.7 Å². The Hall–Kier alpha value is -1.56. The molecule has 0 spiro atoms. The summed E-state index contributed by atoms with van der Waals surface area (Å²) in [5.41, 5.74) is 0. The Morgan fingerprint density at radius 2 is 1.69 bits per heavy atom. The zero-order valence-corrected chi connectivity index (χ0v) is 16.1. The van der Waals surface area contributed by atoms with Crippen LogP contribution in [0.4, 0.5) is 0 Å². The molecule has 0 radical (unpaired) electrons. The largest absolute Gasteiger partial charge is 0.469 e. The monoisotopic (exact) mass is 382 g/mol. The molecule has 0 fully saturated rings. The van der Waals surface area contributed by atoms with E-state index in [9.17, 15) is 9.59 Å². The van der Waals surface area contributed by atoms with Crippen molar-refractivity contribution in [2.24, 2.45) is 0 Å². The van der Waals surface area contributed by atoms with Crippen LogP contribution in [0.3, 0.4) is 0 Å². The van der Waals surface area contributed by atoms with Crippen molar-refractivity contribution < 1.29 is 39.5 Å². The van der Waals surface area contributed by atoms with Gasteiger partial charge < -0.3 is 40.1 Å². The number of nitrogens with zero attached hydrogens (tertiary/aromatic N) is 1. The molecule has 0 aliphatic carbocycles. The minimum Gasteiger partial charge on any atom is -0.469 e. The fourth-order valence-corrected chi connectivity index (χ4v) is 1.28. The second-order valence-electron chi connectivity index (χ2n) is 5.05. The molecule has 10 nitrogen and oxygen atoms in total. The summed E-state index contributed by atoms with van der Waals surface area (Å²) in [5.74, 6) is -0.666. The third kappa shape index (κ3) is 24.7. The summed E-state index contributed by atoms with van der Waals surface area (Å²) in [7, 11) is 6.13. The molecule has 0 aliphatic rings. The van der Waals surface area contributed by atoms with E-state index in [-0.39, 0.29) is 19.2 Å². The van der Waals surface area contributed by atoms with E-state index in [2.05, 4.69) is 21.4 Å². The lowest BCUT2D eigenvalue weighted by molar-refractivity contribution is -0.141. The van der Waals surface area contributed by atoms with Crippen molar-refractivity contribution in [1.82, 2.24) is 10.2 Å². The van der Waals surface area contributed by atoms with Crippen LogP contribution >= 0.6 is 0 Å². The second-order valence-corrected chi connectivity index (χ2v) is 5.05. The quantitative estimate of drug-likeness (QED) is 0.207. The van der Waals surface area contributed by atoms with E-state index >= 15 is 0 Å². The number of aliphatic hydroxyl groups is 4. The third-order valence-corrected chi connectivity index (χ3v) is 2.68. The van der Waals surface area contributed by atoms with Crippen molar-refractivity contribution in [3.8, 4) is 0 Å². The first-order valence-corrected chi connectivity index (χ1v) is 7.90.